The predicted molar refractivity (Wildman–Crippen MR) is 126 cm³/mol. The molecule has 0 saturated carbocycles. The number of likely N-dealkylation sites (tertiary alicyclic amines) is 1. The molecule has 1 unspecified atom stereocenters. The third kappa shape index (κ3) is 4.18. The summed E-state index contributed by atoms with van der Waals surface area (Å²) in [6.45, 7) is 0.328. The number of para-hydroxylation sites is 1. The van der Waals surface area contributed by atoms with Crippen molar-refractivity contribution in [1.82, 2.24) is 4.90 Å². The maximum absolute atomic E-state index is 13.1. The second kappa shape index (κ2) is 9.40. The Morgan fingerprint density at radius 3 is 2.31 bits per heavy atom. The molecule has 32 heavy (non-hydrogen) atoms. The number of hydrogen-bond acceptors (Lipinski definition) is 4. The van der Waals surface area contributed by atoms with Crippen LogP contribution in [-0.4, -0.2) is 35.4 Å². The molecule has 5 nitrogen and oxygen atoms in total. The molecule has 0 aliphatic carbocycles. The minimum atomic E-state index is -0.751. The van der Waals surface area contributed by atoms with Crippen LogP contribution >= 0.6 is 15.9 Å². The van der Waals surface area contributed by atoms with Crippen molar-refractivity contribution in [3.05, 3.63) is 106 Å². The van der Waals surface area contributed by atoms with Crippen LogP contribution in [0.25, 0.3) is 5.76 Å². The number of hydrogen-bond donors (Lipinski definition) is 1. The summed E-state index contributed by atoms with van der Waals surface area (Å²) >= 11 is 3.38. The van der Waals surface area contributed by atoms with Crippen LogP contribution in [0.1, 0.15) is 22.7 Å². The highest BCUT2D eigenvalue weighted by molar-refractivity contribution is 9.10. The van der Waals surface area contributed by atoms with Crippen LogP contribution in [0.4, 0.5) is 0 Å². The zero-order valence-corrected chi connectivity index (χ0v) is 19.1. The first kappa shape index (κ1) is 21.8. The van der Waals surface area contributed by atoms with E-state index in [1.54, 1.807) is 37.4 Å². The third-order valence-electron chi connectivity index (χ3n) is 5.58. The Morgan fingerprint density at radius 2 is 1.62 bits per heavy atom. The maximum Gasteiger partial charge on any atom is 0.295 e. The van der Waals surface area contributed by atoms with Crippen molar-refractivity contribution in [2.24, 2.45) is 0 Å². The number of carbonyl (C=O) groups excluding carboxylic acids is 2. The van der Waals surface area contributed by atoms with E-state index in [0.717, 1.165) is 10.0 Å². The predicted octanol–water partition coefficient (Wildman–Crippen LogP) is 5.12. The van der Waals surface area contributed by atoms with E-state index in [-0.39, 0.29) is 11.3 Å². The molecule has 3 aromatic rings. The number of aliphatic hydroxyl groups is 1. The molecule has 6 heteroatoms. The van der Waals surface area contributed by atoms with Gasteiger partial charge < -0.3 is 14.7 Å². The fourth-order valence-electron chi connectivity index (χ4n) is 3.98. The largest absolute Gasteiger partial charge is 0.507 e. The van der Waals surface area contributed by atoms with Crippen LogP contribution in [-0.2, 0) is 16.0 Å². The van der Waals surface area contributed by atoms with E-state index in [2.05, 4.69) is 15.9 Å². The number of methoxy groups -OCH3 is 1. The van der Waals surface area contributed by atoms with Gasteiger partial charge in [-0.15, -0.1) is 0 Å². The average Bonchev–Trinajstić information content (AvgIpc) is 3.08. The molecule has 1 aliphatic rings. The second-order valence-electron chi connectivity index (χ2n) is 7.48. The van der Waals surface area contributed by atoms with Gasteiger partial charge in [-0.25, -0.2) is 0 Å². The lowest BCUT2D eigenvalue weighted by Gasteiger charge is -2.26. The fourth-order valence-corrected chi connectivity index (χ4v) is 4.25. The molecule has 3 aromatic carbocycles. The zero-order chi connectivity index (χ0) is 22.7. The number of ketones is 1. The molecule has 1 N–H and O–H groups in total. The second-order valence-corrected chi connectivity index (χ2v) is 8.39. The van der Waals surface area contributed by atoms with E-state index in [1.807, 2.05) is 48.5 Å². The molecule has 4 rings (SSSR count). The van der Waals surface area contributed by atoms with Crippen LogP contribution < -0.4 is 4.74 Å². The van der Waals surface area contributed by atoms with Gasteiger partial charge in [-0.3, -0.25) is 9.59 Å². The SMILES string of the molecule is COc1ccccc1C1/C(=C(/O)c2ccc(Br)cc2)C(=O)C(=O)N1CCc1ccccc1. The van der Waals surface area contributed by atoms with Crippen molar-refractivity contribution in [2.75, 3.05) is 13.7 Å². The molecule has 1 amide bonds. The van der Waals surface area contributed by atoms with Crippen LogP contribution in [0, 0.1) is 0 Å². The number of Topliss-reactive ketones (excluding diaryl/α,β-unsaturated/α-hetero) is 1. The Balaban J connectivity index is 1.82. The van der Waals surface area contributed by atoms with Crippen LogP contribution in [0.15, 0.2) is 88.9 Å². The number of carbonyl (C=O) groups is 2. The Morgan fingerprint density at radius 1 is 0.969 bits per heavy atom. The van der Waals surface area contributed by atoms with Gasteiger partial charge in [0.1, 0.15) is 11.5 Å². The number of benzene rings is 3. The minimum Gasteiger partial charge on any atom is -0.507 e. The molecular formula is C26H22BrNO4. The first-order valence-electron chi connectivity index (χ1n) is 10.2. The first-order valence-corrected chi connectivity index (χ1v) is 11.0. The smallest absolute Gasteiger partial charge is 0.295 e. The number of halogens is 1. The summed E-state index contributed by atoms with van der Waals surface area (Å²) in [5.74, 6) is -0.982. The van der Waals surface area contributed by atoms with Crippen molar-refractivity contribution in [2.45, 2.75) is 12.5 Å². The van der Waals surface area contributed by atoms with E-state index in [0.29, 0.717) is 29.8 Å². The van der Waals surface area contributed by atoms with Gasteiger partial charge in [0, 0.05) is 22.1 Å². The third-order valence-corrected chi connectivity index (χ3v) is 6.10. The van der Waals surface area contributed by atoms with Crippen molar-refractivity contribution in [3.63, 3.8) is 0 Å². The summed E-state index contributed by atoms with van der Waals surface area (Å²) in [7, 11) is 1.55. The molecule has 1 atom stereocenters. The number of aliphatic hydroxyl groups excluding tert-OH is 1. The van der Waals surface area contributed by atoms with Gasteiger partial charge in [-0.2, -0.15) is 0 Å². The van der Waals surface area contributed by atoms with E-state index < -0.39 is 17.7 Å². The fraction of sp³-hybridized carbons (Fsp3) is 0.154. The molecular weight excluding hydrogens is 470 g/mol. The molecule has 162 valence electrons. The Kier molecular flexibility index (Phi) is 6.42. The summed E-state index contributed by atoms with van der Waals surface area (Å²) in [5, 5.41) is 11.1. The van der Waals surface area contributed by atoms with Crippen LogP contribution in [0.3, 0.4) is 0 Å². The van der Waals surface area contributed by atoms with Gasteiger partial charge >= 0.3 is 0 Å². The zero-order valence-electron chi connectivity index (χ0n) is 17.5. The number of ether oxygens (including phenoxy) is 1. The number of amides is 1. The van der Waals surface area contributed by atoms with E-state index in [1.165, 1.54) is 4.90 Å². The first-order chi connectivity index (χ1) is 15.5. The summed E-state index contributed by atoms with van der Waals surface area (Å²) < 4.78 is 6.38. The van der Waals surface area contributed by atoms with Gasteiger partial charge in [-0.1, -0.05) is 76.6 Å². The van der Waals surface area contributed by atoms with Gasteiger partial charge in [0.05, 0.1) is 18.7 Å². The molecule has 1 fully saturated rings. The maximum atomic E-state index is 13.1. The van der Waals surface area contributed by atoms with Gasteiger partial charge in [0.15, 0.2) is 0 Å². The highest BCUT2D eigenvalue weighted by Crippen LogP contribution is 2.42. The number of rotatable bonds is 6. The highest BCUT2D eigenvalue weighted by Gasteiger charge is 2.46. The monoisotopic (exact) mass is 491 g/mol. The lowest BCUT2D eigenvalue weighted by Crippen LogP contribution is -2.31. The van der Waals surface area contributed by atoms with Crippen molar-refractivity contribution >= 4 is 33.4 Å². The van der Waals surface area contributed by atoms with E-state index >= 15 is 0 Å². The van der Waals surface area contributed by atoms with Crippen LogP contribution in [0.5, 0.6) is 5.75 Å². The standard InChI is InChI=1S/C26H22BrNO4/c1-32-21-10-6-5-9-20(21)23-22(24(29)18-11-13-19(27)14-12-18)25(30)26(31)28(23)16-15-17-7-3-2-4-8-17/h2-14,23,29H,15-16H2,1H3/b24-22-. The summed E-state index contributed by atoms with van der Waals surface area (Å²) in [5.41, 5.74) is 2.24. The molecule has 0 radical (unpaired) electrons. The lowest BCUT2D eigenvalue weighted by molar-refractivity contribution is -0.139. The average molecular weight is 492 g/mol. The lowest BCUT2D eigenvalue weighted by atomic mass is 9.94. The molecule has 0 aromatic heterocycles. The number of nitrogens with zero attached hydrogens (tertiary/aromatic N) is 1. The summed E-state index contributed by atoms with van der Waals surface area (Å²) in [6, 6.07) is 23.2. The van der Waals surface area contributed by atoms with E-state index in [4.69, 9.17) is 4.74 Å². The van der Waals surface area contributed by atoms with Crippen LogP contribution in [0.2, 0.25) is 0 Å². The normalized spacial score (nSPS) is 17.6. The Labute approximate surface area is 195 Å². The minimum absolute atomic E-state index is 0.0647. The molecule has 1 heterocycles. The quantitative estimate of drug-likeness (QED) is 0.295. The molecule has 0 bridgehead atoms. The van der Waals surface area contributed by atoms with Crippen molar-refractivity contribution in [1.29, 1.82) is 0 Å². The topological polar surface area (TPSA) is 66.8 Å². The summed E-state index contributed by atoms with van der Waals surface area (Å²) in [4.78, 5) is 27.8. The Hall–Kier alpha value is -3.38. The van der Waals surface area contributed by atoms with Crippen molar-refractivity contribution in [3.8, 4) is 5.75 Å². The summed E-state index contributed by atoms with van der Waals surface area (Å²) in [6.07, 6.45) is 0.581. The Bertz CT molecular complexity index is 1170. The van der Waals surface area contributed by atoms with Gasteiger partial charge in [-0.05, 0) is 30.2 Å². The molecule has 1 aliphatic heterocycles. The van der Waals surface area contributed by atoms with Crippen molar-refractivity contribution < 1.29 is 19.4 Å². The highest BCUT2D eigenvalue weighted by atomic mass is 79.9. The molecule has 1 saturated heterocycles. The van der Waals surface area contributed by atoms with Gasteiger partial charge in [0.25, 0.3) is 11.7 Å². The van der Waals surface area contributed by atoms with E-state index in [9.17, 15) is 14.7 Å². The van der Waals surface area contributed by atoms with Gasteiger partial charge in [0.2, 0.25) is 0 Å². The molecule has 0 spiro atoms.